The first-order valence-corrected chi connectivity index (χ1v) is 4.50. The zero-order chi connectivity index (χ0) is 11.8. The quantitative estimate of drug-likeness (QED) is 0.645. The van der Waals surface area contributed by atoms with Gasteiger partial charge in [-0.25, -0.2) is 0 Å². The molecule has 0 aromatic rings. The monoisotopic (exact) mass is 228 g/mol. The van der Waals surface area contributed by atoms with Crippen LogP contribution >= 0.6 is 0 Å². The molecular weight excluding hydrogens is 221 g/mol. The minimum Gasteiger partial charge on any atom is -0.472 e. The molecule has 84 valence electrons. The minimum atomic E-state index is -4.45. The summed E-state index contributed by atoms with van der Waals surface area (Å²) in [6.07, 6.45) is 2.04. The molecular formula is C11H7F3O2. The van der Waals surface area contributed by atoms with Gasteiger partial charge in [0.25, 0.3) is 0 Å². The number of aldehydes is 1. The average Bonchev–Trinajstić information content (AvgIpc) is 2.26. The fourth-order valence-corrected chi connectivity index (χ4v) is 1.59. The van der Waals surface area contributed by atoms with Crippen LogP contribution in [-0.4, -0.2) is 12.5 Å². The summed E-state index contributed by atoms with van der Waals surface area (Å²) in [5, 5.41) is 0. The summed E-state index contributed by atoms with van der Waals surface area (Å²) in [7, 11) is 0. The summed E-state index contributed by atoms with van der Waals surface area (Å²) in [5.74, 6) is -1.83. The molecule has 1 heterocycles. The lowest BCUT2D eigenvalue weighted by Crippen LogP contribution is -2.26. The van der Waals surface area contributed by atoms with Gasteiger partial charge in [0.1, 0.15) is 12.2 Å². The van der Waals surface area contributed by atoms with Crippen LogP contribution in [0.3, 0.4) is 0 Å². The first kappa shape index (κ1) is 10.7. The van der Waals surface area contributed by atoms with Crippen molar-refractivity contribution < 1.29 is 22.7 Å². The van der Waals surface area contributed by atoms with Crippen LogP contribution in [-0.2, 0) is 9.53 Å². The average molecular weight is 228 g/mol. The Bertz CT molecular complexity index is 439. The van der Waals surface area contributed by atoms with Crippen LogP contribution in [0.15, 0.2) is 47.5 Å². The third-order valence-corrected chi connectivity index (χ3v) is 2.37. The van der Waals surface area contributed by atoms with E-state index < -0.39 is 12.1 Å². The molecule has 0 amide bonds. The van der Waals surface area contributed by atoms with Crippen molar-refractivity contribution in [2.45, 2.75) is 6.18 Å². The van der Waals surface area contributed by atoms with Crippen LogP contribution in [0.2, 0.25) is 0 Å². The highest BCUT2D eigenvalue weighted by Gasteiger charge is 2.42. The maximum atomic E-state index is 12.6. The maximum absolute atomic E-state index is 12.6. The molecule has 0 unspecified atom stereocenters. The van der Waals surface area contributed by atoms with Crippen molar-refractivity contribution in [2.24, 2.45) is 5.92 Å². The highest BCUT2D eigenvalue weighted by molar-refractivity contribution is 5.78. The lowest BCUT2D eigenvalue weighted by atomic mass is 9.86. The van der Waals surface area contributed by atoms with Crippen molar-refractivity contribution in [2.75, 3.05) is 0 Å². The van der Waals surface area contributed by atoms with Gasteiger partial charge < -0.3 is 4.74 Å². The third kappa shape index (κ3) is 1.80. The van der Waals surface area contributed by atoms with Gasteiger partial charge in [0.05, 0.1) is 12.5 Å². The van der Waals surface area contributed by atoms with Gasteiger partial charge in [-0.15, -0.1) is 0 Å². The molecule has 1 atom stereocenters. The molecule has 0 fully saturated rings. The van der Waals surface area contributed by atoms with Crippen LogP contribution in [0.5, 0.6) is 0 Å². The van der Waals surface area contributed by atoms with Crippen molar-refractivity contribution >= 4 is 6.29 Å². The Morgan fingerprint density at radius 2 is 2.06 bits per heavy atom. The molecule has 1 aliphatic carbocycles. The van der Waals surface area contributed by atoms with Crippen molar-refractivity contribution in [1.82, 2.24) is 0 Å². The van der Waals surface area contributed by atoms with E-state index in [1.54, 1.807) is 0 Å². The second-order valence-electron chi connectivity index (χ2n) is 3.42. The highest BCUT2D eigenvalue weighted by Crippen LogP contribution is 2.38. The molecule has 0 saturated heterocycles. The van der Waals surface area contributed by atoms with Crippen molar-refractivity contribution in [3.63, 3.8) is 0 Å². The van der Waals surface area contributed by atoms with E-state index in [0.29, 0.717) is 11.1 Å². The molecule has 2 nitrogen and oxygen atoms in total. The predicted octanol–water partition coefficient (Wildman–Crippen LogP) is 2.66. The number of ether oxygens (including phenoxy) is 1. The molecule has 0 bridgehead atoms. The normalized spacial score (nSPS) is 23.7. The van der Waals surface area contributed by atoms with Crippen molar-refractivity contribution in [3.05, 3.63) is 47.5 Å². The van der Waals surface area contributed by atoms with Crippen LogP contribution < -0.4 is 0 Å². The fraction of sp³-hybridized carbons (Fsp3) is 0.182. The van der Waals surface area contributed by atoms with E-state index in [2.05, 4.69) is 0 Å². The molecule has 2 aliphatic rings. The second-order valence-corrected chi connectivity index (χ2v) is 3.42. The SMILES string of the molecule is O=CC1=CC2=COC=CC2=C[C@@H]1C(F)(F)F. The van der Waals surface area contributed by atoms with E-state index in [-0.39, 0.29) is 11.9 Å². The van der Waals surface area contributed by atoms with Gasteiger partial charge >= 0.3 is 6.18 Å². The molecule has 0 aromatic heterocycles. The molecule has 0 N–H and O–H groups in total. The van der Waals surface area contributed by atoms with Gasteiger partial charge in [0, 0.05) is 11.1 Å². The molecule has 0 radical (unpaired) electrons. The Morgan fingerprint density at radius 1 is 1.31 bits per heavy atom. The maximum Gasteiger partial charge on any atom is 0.399 e. The summed E-state index contributed by atoms with van der Waals surface area (Å²) >= 11 is 0. The zero-order valence-corrected chi connectivity index (χ0v) is 7.99. The topological polar surface area (TPSA) is 26.3 Å². The molecule has 2 rings (SSSR count). The molecule has 16 heavy (non-hydrogen) atoms. The number of carbonyl (C=O) groups excluding carboxylic acids is 1. The lowest BCUT2D eigenvalue weighted by molar-refractivity contribution is -0.153. The van der Waals surface area contributed by atoms with Gasteiger partial charge in [-0.05, 0) is 17.7 Å². The first-order chi connectivity index (χ1) is 7.52. The summed E-state index contributed by atoms with van der Waals surface area (Å²) in [5.41, 5.74) is 0.589. The molecule has 5 heteroatoms. The Labute approximate surface area is 89.4 Å². The Kier molecular flexibility index (Phi) is 2.46. The summed E-state index contributed by atoms with van der Waals surface area (Å²) in [6, 6.07) is 0. The van der Waals surface area contributed by atoms with Gasteiger partial charge in [-0.3, -0.25) is 4.79 Å². The Balaban J connectivity index is 2.44. The lowest BCUT2D eigenvalue weighted by Gasteiger charge is -2.23. The number of alkyl halides is 3. The molecule has 1 aliphatic heterocycles. The smallest absolute Gasteiger partial charge is 0.399 e. The van der Waals surface area contributed by atoms with Crippen LogP contribution in [0.4, 0.5) is 13.2 Å². The number of allylic oxidation sites excluding steroid dienone is 6. The van der Waals surface area contributed by atoms with Crippen LogP contribution in [0.1, 0.15) is 0 Å². The van der Waals surface area contributed by atoms with Gasteiger partial charge in [0.2, 0.25) is 0 Å². The van der Waals surface area contributed by atoms with Crippen molar-refractivity contribution in [1.29, 1.82) is 0 Å². The number of halogens is 3. The Morgan fingerprint density at radius 3 is 2.69 bits per heavy atom. The van der Waals surface area contributed by atoms with Gasteiger partial charge in [-0.2, -0.15) is 13.2 Å². The summed E-state index contributed by atoms with van der Waals surface area (Å²) < 4.78 is 42.7. The van der Waals surface area contributed by atoms with E-state index >= 15 is 0 Å². The second kappa shape index (κ2) is 3.66. The standard InChI is InChI=1S/C11H7F3O2/c12-11(13,14)10-4-7-1-2-16-6-9(7)3-8(10)5-15/h1-6,10H/t10-/m0/s1. The summed E-state index contributed by atoms with van der Waals surface area (Å²) in [6.45, 7) is 0. The van der Waals surface area contributed by atoms with E-state index in [0.717, 1.165) is 6.08 Å². The number of fused-ring (bicyclic) bond motifs is 1. The Hall–Kier alpha value is -1.78. The van der Waals surface area contributed by atoms with E-state index in [9.17, 15) is 18.0 Å². The van der Waals surface area contributed by atoms with Gasteiger partial charge in [0.15, 0.2) is 0 Å². The minimum absolute atomic E-state index is 0.227. The number of rotatable bonds is 1. The van der Waals surface area contributed by atoms with Crippen LogP contribution in [0, 0.1) is 5.92 Å². The van der Waals surface area contributed by atoms with Gasteiger partial charge in [-0.1, -0.05) is 6.08 Å². The zero-order valence-electron chi connectivity index (χ0n) is 7.99. The van der Waals surface area contributed by atoms with E-state index in [4.69, 9.17) is 4.74 Å². The third-order valence-electron chi connectivity index (χ3n) is 2.37. The largest absolute Gasteiger partial charge is 0.472 e. The van der Waals surface area contributed by atoms with E-state index in [1.165, 1.54) is 24.7 Å². The number of carbonyl (C=O) groups is 1. The first-order valence-electron chi connectivity index (χ1n) is 4.50. The highest BCUT2D eigenvalue weighted by atomic mass is 19.4. The molecule has 0 aromatic carbocycles. The fourth-order valence-electron chi connectivity index (χ4n) is 1.59. The predicted molar refractivity (Wildman–Crippen MR) is 50.1 cm³/mol. The van der Waals surface area contributed by atoms with E-state index in [1.807, 2.05) is 0 Å². The van der Waals surface area contributed by atoms with Crippen LogP contribution in [0.25, 0.3) is 0 Å². The number of hydrogen-bond acceptors (Lipinski definition) is 2. The summed E-state index contributed by atoms with van der Waals surface area (Å²) in [4.78, 5) is 10.6. The molecule has 0 spiro atoms. The molecule has 0 saturated carbocycles. The van der Waals surface area contributed by atoms with Crippen molar-refractivity contribution in [3.8, 4) is 0 Å². The number of hydrogen-bond donors (Lipinski definition) is 0.